The van der Waals surface area contributed by atoms with Crippen LogP contribution in [0.5, 0.6) is 0 Å². The average Bonchev–Trinajstić information content (AvgIpc) is 2.46. The number of halogens is 4. The van der Waals surface area contributed by atoms with Crippen LogP contribution in [0, 0.1) is 11.7 Å². The number of rotatable bonds is 2. The molecule has 22 heavy (non-hydrogen) atoms. The van der Waals surface area contributed by atoms with Crippen molar-refractivity contribution < 1.29 is 32.3 Å². The molecule has 0 aliphatic carbocycles. The van der Waals surface area contributed by atoms with Gasteiger partial charge in [-0.3, -0.25) is 9.59 Å². The standard InChI is InChI=1S/C14H13F4NO3/c15-11-2-1-9(14(16,17)18)7-10(11)12(20)19-5-3-8(4-6-19)13(21)22/h1-2,7-8H,3-6H2,(H,21,22). The fourth-order valence-corrected chi connectivity index (χ4v) is 2.37. The van der Waals surface area contributed by atoms with Gasteiger partial charge in [0.15, 0.2) is 0 Å². The fraction of sp³-hybridized carbons (Fsp3) is 0.429. The van der Waals surface area contributed by atoms with Crippen LogP contribution in [0.25, 0.3) is 0 Å². The number of carbonyl (C=O) groups is 2. The number of hydrogen-bond donors (Lipinski definition) is 1. The van der Waals surface area contributed by atoms with Gasteiger partial charge in [-0.25, -0.2) is 4.39 Å². The number of hydrogen-bond acceptors (Lipinski definition) is 2. The molecule has 0 unspecified atom stereocenters. The number of aliphatic carboxylic acids is 1. The molecule has 2 rings (SSSR count). The second-order valence-corrected chi connectivity index (χ2v) is 5.10. The van der Waals surface area contributed by atoms with E-state index in [0.29, 0.717) is 18.2 Å². The Hall–Kier alpha value is -2.12. The van der Waals surface area contributed by atoms with E-state index < -0.39 is 40.9 Å². The number of alkyl halides is 3. The molecule has 8 heteroatoms. The van der Waals surface area contributed by atoms with Gasteiger partial charge in [0.25, 0.3) is 5.91 Å². The third-order valence-corrected chi connectivity index (χ3v) is 3.66. The topological polar surface area (TPSA) is 57.6 Å². The molecule has 0 atom stereocenters. The van der Waals surface area contributed by atoms with E-state index in [1.165, 1.54) is 4.90 Å². The summed E-state index contributed by atoms with van der Waals surface area (Å²) in [6, 6.07) is 1.67. The first-order valence-electron chi connectivity index (χ1n) is 6.59. The number of piperidine rings is 1. The van der Waals surface area contributed by atoms with Crippen LogP contribution in [-0.4, -0.2) is 35.0 Å². The number of benzene rings is 1. The highest BCUT2D eigenvalue weighted by Crippen LogP contribution is 2.31. The number of amides is 1. The summed E-state index contributed by atoms with van der Waals surface area (Å²) < 4.78 is 51.6. The van der Waals surface area contributed by atoms with Crippen LogP contribution in [0.4, 0.5) is 17.6 Å². The fourth-order valence-electron chi connectivity index (χ4n) is 2.37. The van der Waals surface area contributed by atoms with Gasteiger partial charge in [0.05, 0.1) is 17.0 Å². The molecule has 0 bridgehead atoms. The van der Waals surface area contributed by atoms with Gasteiger partial charge in [0, 0.05) is 13.1 Å². The lowest BCUT2D eigenvalue weighted by Gasteiger charge is -2.30. The van der Waals surface area contributed by atoms with Crippen molar-refractivity contribution in [2.24, 2.45) is 5.92 Å². The van der Waals surface area contributed by atoms with Crippen LogP contribution in [0.2, 0.25) is 0 Å². The molecule has 1 aromatic rings. The zero-order valence-corrected chi connectivity index (χ0v) is 11.4. The molecule has 1 aliphatic rings. The molecular weight excluding hydrogens is 306 g/mol. The molecular formula is C14H13F4NO3. The maximum atomic E-state index is 13.7. The summed E-state index contributed by atoms with van der Waals surface area (Å²) in [5.41, 5.74) is -1.75. The Balaban J connectivity index is 2.18. The van der Waals surface area contributed by atoms with Crippen molar-refractivity contribution in [2.45, 2.75) is 19.0 Å². The first kappa shape index (κ1) is 16.3. The van der Waals surface area contributed by atoms with Crippen molar-refractivity contribution in [1.29, 1.82) is 0 Å². The summed E-state index contributed by atoms with van der Waals surface area (Å²) in [6.45, 7) is 0.150. The Morgan fingerprint density at radius 2 is 1.77 bits per heavy atom. The SMILES string of the molecule is O=C(O)C1CCN(C(=O)c2cc(C(F)(F)F)ccc2F)CC1. The van der Waals surface area contributed by atoms with Crippen LogP contribution >= 0.6 is 0 Å². The van der Waals surface area contributed by atoms with Gasteiger partial charge >= 0.3 is 12.1 Å². The van der Waals surface area contributed by atoms with Crippen LogP contribution in [0.3, 0.4) is 0 Å². The molecule has 1 aromatic carbocycles. The molecule has 1 N–H and O–H groups in total. The van der Waals surface area contributed by atoms with E-state index in [-0.39, 0.29) is 25.9 Å². The smallest absolute Gasteiger partial charge is 0.416 e. The van der Waals surface area contributed by atoms with Crippen LogP contribution in [0.15, 0.2) is 18.2 Å². The zero-order chi connectivity index (χ0) is 16.5. The van der Waals surface area contributed by atoms with E-state index in [1.807, 2.05) is 0 Å². The lowest BCUT2D eigenvalue weighted by atomic mass is 9.96. The van der Waals surface area contributed by atoms with Crippen molar-refractivity contribution in [3.05, 3.63) is 35.1 Å². The molecule has 1 heterocycles. The Bertz CT molecular complexity index is 592. The van der Waals surface area contributed by atoms with Crippen molar-refractivity contribution in [3.63, 3.8) is 0 Å². The lowest BCUT2D eigenvalue weighted by molar-refractivity contribution is -0.143. The number of carboxylic acids is 1. The van der Waals surface area contributed by atoms with Gasteiger partial charge in [-0.2, -0.15) is 13.2 Å². The maximum Gasteiger partial charge on any atom is 0.416 e. The predicted octanol–water partition coefficient (Wildman–Crippen LogP) is 2.78. The molecule has 120 valence electrons. The van der Waals surface area contributed by atoms with Crippen LogP contribution in [-0.2, 0) is 11.0 Å². The van der Waals surface area contributed by atoms with E-state index in [9.17, 15) is 27.2 Å². The van der Waals surface area contributed by atoms with Gasteiger partial charge in [0.1, 0.15) is 5.82 Å². The summed E-state index contributed by atoms with van der Waals surface area (Å²) in [5.74, 6) is -3.45. The van der Waals surface area contributed by atoms with Crippen molar-refractivity contribution in [2.75, 3.05) is 13.1 Å². The normalized spacial score (nSPS) is 16.6. The molecule has 1 fully saturated rings. The third kappa shape index (κ3) is 3.37. The average molecular weight is 319 g/mol. The molecule has 1 amide bonds. The van der Waals surface area contributed by atoms with Crippen LogP contribution in [0.1, 0.15) is 28.8 Å². The Labute approximate surface area is 123 Å². The first-order chi connectivity index (χ1) is 10.2. The third-order valence-electron chi connectivity index (χ3n) is 3.66. The monoisotopic (exact) mass is 319 g/mol. The lowest BCUT2D eigenvalue weighted by Crippen LogP contribution is -2.40. The van der Waals surface area contributed by atoms with Gasteiger partial charge in [-0.1, -0.05) is 0 Å². The highest BCUT2D eigenvalue weighted by molar-refractivity contribution is 5.94. The van der Waals surface area contributed by atoms with Gasteiger partial charge < -0.3 is 10.0 Å². The van der Waals surface area contributed by atoms with Gasteiger partial charge in [-0.15, -0.1) is 0 Å². The van der Waals surface area contributed by atoms with Crippen molar-refractivity contribution >= 4 is 11.9 Å². The summed E-state index contributed by atoms with van der Waals surface area (Å²) in [7, 11) is 0. The van der Waals surface area contributed by atoms with Gasteiger partial charge in [-0.05, 0) is 31.0 Å². The largest absolute Gasteiger partial charge is 0.481 e. The van der Waals surface area contributed by atoms with E-state index in [2.05, 4.69) is 0 Å². The first-order valence-corrected chi connectivity index (χ1v) is 6.59. The number of carboxylic acid groups (broad SMARTS) is 1. The second-order valence-electron chi connectivity index (χ2n) is 5.10. The molecule has 0 saturated carbocycles. The second kappa shape index (κ2) is 5.94. The molecule has 4 nitrogen and oxygen atoms in total. The van der Waals surface area contributed by atoms with Crippen molar-refractivity contribution in [3.8, 4) is 0 Å². The quantitative estimate of drug-likeness (QED) is 0.853. The zero-order valence-electron chi connectivity index (χ0n) is 11.4. The number of carbonyl (C=O) groups excluding carboxylic acids is 1. The van der Waals surface area contributed by atoms with Crippen LogP contribution < -0.4 is 0 Å². The highest BCUT2D eigenvalue weighted by Gasteiger charge is 2.33. The van der Waals surface area contributed by atoms with E-state index in [0.717, 1.165) is 0 Å². The number of nitrogens with zero attached hydrogens (tertiary/aromatic N) is 1. The minimum Gasteiger partial charge on any atom is -0.481 e. The maximum absolute atomic E-state index is 13.7. The minimum absolute atomic E-state index is 0.0749. The van der Waals surface area contributed by atoms with E-state index >= 15 is 0 Å². The number of likely N-dealkylation sites (tertiary alicyclic amines) is 1. The molecule has 0 aromatic heterocycles. The van der Waals surface area contributed by atoms with E-state index in [1.54, 1.807) is 0 Å². The summed E-state index contributed by atoms with van der Waals surface area (Å²) >= 11 is 0. The molecule has 0 spiro atoms. The molecule has 1 aliphatic heterocycles. The predicted molar refractivity (Wildman–Crippen MR) is 67.7 cm³/mol. The summed E-state index contributed by atoms with van der Waals surface area (Å²) in [6.07, 6.45) is -4.28. The molecule has 0 radical (unpaired) electrons. The summed E-state index contributed by atoms with van der Waals surface area (Å²) in [4.78, 5) is 24.1. The van der Waals surface area contributed by atoms with Gasteiger partial charge in [0.2, 0.25) is 0 Å². The van der Waals surface area contributed by atoms with Crippen molar-refractivity contribution in [1.82, 2.24) is 4.90 Å². The highest BCUT2D eigenvalue weighted by atomic mass is 19.4. The Kier molecular flexibility index (Phi) is 4.39. The Morgan fingerprint density at radius 3 is 2.27 bits per heavy atom. The Morgan fingerprint density at radius 1 is 1.18 bits per heavy atom. The minimum atomic E-state index is -4.67. The van der Waals surface area contributed by atoms with E-state index in [4.69, 9.17) is 5.11 Å². The summed E-state index contributed by atoms with van der Waals surface area (Å²) in [5, 5.41) is 8.86. The molecule has 1 saturated heterocycles.